The zero-order valence-electron chi connectivity index (χ0n) is 18.0. The van der Waals surface area contributed by atoms with Crippen molar-refractivity contribution in [2.75, 3.05) is 39.3 Å². The van der Waals surface area contributed by atoms with Gasteiger partial charge >= 0.3 is 0 Å². The Bertz CT molecular complexity index is 257. The second-order valence-electron chi connectivity index (χ2n) is 7.28. The van der Waals surface area contributed by atoms with Gasteiger partial charge in [-0.1, -0.05) is 67.2 Å². The molecule has 0 saturated carbocycles. The van der Waals surface area contributed by atoms with Crippen molar-refractivity contribution in [3.05, 3.63) is 0 Å². The van der Waals surface area contributed by atoms with Gasteiger partial charge in [-0.25, -0.2) is 0 Å². The fourth-order valence-corrected chi connectivity index (χ4v) is 4.05. The van der Waals surface area contributed by atoms with Crippen LogP contribution in [0.3, 0.4) is 0 Å². The van der Waals surface area contributed by atoms with Crippen LogP contribution in [0.4, 0.5) is 0 Å². The minimum Gasteiger partial charge on any atom is -0.303 e. The SMILES string of the molecule is CC.CC.CCCCCN1CCC2(CC1)CCN(CCCCC)C2. The molecule has 0 atom stereocenters. The highest BCUT2D eigenvalue weighted by Gasteiger charge is 2.39. The van der Waals surface area contributed by atoms with Crippen molar-refractivity contribution >= 4 is 0 Å². The van der Waals surface area contributed by atoms with Crippen molar-refractivity contribution < 1.29 is 0 Å². The van der Waals surface area contributed by atoms with Gasteiger partial charge in [-0.3, -0.25) is 0 Å². The maximum Gasteiger partial charge on any atom is 0.00394 e. The van der Waals surface area contributed by atoms with Crippen molar-refractivity contribution in [1.29, 1.82) is 0 Å². The Morgan fingerprint density at radius 1 is 0.625 bits per heavy atom. The van der Waals surface area contributed by atoms with Gasteiger partial charge in [-0.05, 0) is 70.2 Å². The predicted octanol–water partition coefficient (Wildman–Crippen LogP) is 6.21. The molecule has 0 bridgehead atoms. The number of rotatable bonds is 8. The summed E-state index contributed by atoms with van der Waals surface area (Å²) in [5, 5.41) is 0. The molecule has 2 aliphatic rings. The van der Waals surface area contributed by atoms with Gasteiger partial charge in [0.05, 0.1) is 0 Å². The molecule has 0 aromatic carbocycles. The summed E-state index contributed by atoms with van der Waals surface area (Å²) >= 11 is 0. The molecule has 0 N–H and O–H groups in total. The lowest BCUT2D eigenvalue weighted by Crippen LogP contribution is -2.42. The summed E-state index contributed by atoms with van der Waals surface area (Å²) in [6.45, 7) is 20.8. The van der Waals surface area contributed by atoms with Crippen LogP contribution in [-0.2, 0) is 0 Å². The lowest BCUT2D eigenvalue weighted by atomic mass is 9.78. The molecule has 0 unspecified atom stereocenters. The number of nitrogens with zero attached hydrogens (tertiary/aromatic N) is 2. The summed E-state index contributed by atoms with van der Waals surface area (Å²) in [5.41, 5.74) is 0.702. The largest absolute Gasteiger partial charge is 0.303 e. The van der Waals surface area contributed by atoms with E-state index in [-0.39, 0.29) is 0 Å². The van der Waals surface area contributed by atoms with E-state index in [1.54, 1.807) is 0 Å². The summed E-state index contributed by atoms with van der Waals surface area (Å²) in [7, 11) is 0. The number of hydrogen-bond donors (Lipinski definition) is 0. The first-order valence-corrected chi connectivity index (χ1v) is 11.2. The van der Waals surface area contributed by atoms with E-state index in [4.69, 9.17) is 0 Å². The van der Waals surface area contributed by atoms with Gasteiger partial charge in [0.2, 0.25) is 0 Å². The number of piperidine rings is 1. The van der Waals surface area contributed by atoms with Crippen LogP contribution in [0, 0.1) is 5.41 Å². The molecule has 0 radical (unpaired) electrons. The van der Waals surface area contributed by atoms with Gasteiger partial charge in [-0.2, -0.15) is 0 Å². The second kappa shape index (κ2) is 15.2. The average molecular weight is 341 g/mol. The maximum absolute atomic E-state index is 2.75. The third-order valence-electron chi connectivity index (χ3n) is 5.59. The third-order valence-corrected chi connectivity index (χ3v) is 5.59. The first-order valence-electron chi connectivity index (χ1n) is 11.2. The Morgan fingerprint density at radius 3 is 1.50 bits per heavy atom. The van der Waals surface area contributed by atoms with E-state index in [1.807, 2.05) is 27.7 Å². The molecule has 2 nitrogen and oxygen atoms in total. The van der Waals surface area contributed by atoms with Gasteiger partial charge in [0.1, 0.15) is 0 Å². The molecule has 0 amide bonds. The Morgan fingerprint density at radius 2 is 1.04 bits per heavy atom. The Hall–Kier alpha value is -0.0800. The molecule has 0 aromatic heterocycles. The molecule has 2 heteroatoms. The van der Waals surface area contributed by atoms with E-state index in [0.29, 0.717) is 5.41 Å². The first kappa shape index (κ1) is 23.9. The lowest BCUT2D eigenvalue weighted by Gasteiger charge is -2.39. The van der Waals surface area contributed by atoms with Crippen LogP contribution < -0.4 is 0 Å². The van der Waals surface area contributed by atoms with Crippen LogP contribution in [-0.4, -0.2) is 49.1 Å². The van der Waals surface area contributed by atoms with Crippen LogP contribution >= 0.6 is 0 Å². The summed E-state index contributed by atoms with van der Waals surface area (Å²) < 4.78 is 0. The van der Waals surface area contributed by atoms with E-state index >= 15 is 0 Å². The predicted molar refractivity (Wildman–Crippen MR) is 111 cm³/mol. The smallest absolute Gasteiger partial charge is 0.00394 e. The van der Waals surface area contributed by atoms with Crippen LogP contribution in [0.15, 0.2) is 0 Å². The van der Waals surface area contributed by atoms with E-state index in [2.05, 4.69) is 23.6 Å². The Balaban J connectivity index is 0.00000123. The highest BCUT2D eigenvalue weighted by molar-refractivity contribution is 4.93. The van der Waals surface area contributed by atoms with Crippen LogP contribution in [0.1, 0.15) is 99.3 Å². The number of hydrogen-bond acceptors (Lipinski definition) is 2. The summed E-state index contributed by atoms with van der Waals surface area (Å²) in [6.07, 6.45) is 12.7. The molecule has 2 aliphatic heterocycles. The minimum absolute atomic E-state index is 0.702. The van der Waals surface area contributed by atoms with Gasteiger partial charge < -0.3 is 9.80 Å². The molecule has 24 heavy (non-hydrogen) atoms. The van der Waals surface area contributed by atoms with Crippen LogP contribution in [0.25, 0.3) is 0 Å². The highest BCUT2D eigenvalue weighted by Crippen LogP contribution is 2.40. The van der Waals surface area contributed by atoms with E-state index in [9.17, 15) is 0 Å². The standard InChI is InChI=1S/C18H36N2.2C2H6/c1-3-5-7-12-19-14-9-18(10-15-19)11-16-20(17-18)13-8-6-4-2;2*1-2/h3-17H2,1-2H3;2*1-2H3. The van der Waals surface area contributed by atoms with Gasteiger partial charge in [0.15, 0.2) is 0 Å². The van der Waals surface area contributed by atoms with Gasteiger partial charge in [0, 0.05) is 6.54 Å². The van der Waals surface area contributed by atoms with Crippen molar-refractivity contribution in [3.63, 3.8) is 0 Å². The Kier molecular flexibility index (Phi) is 15.1. The van der Waals surface area contributed by atoms with Gasteiger partial charge in [-0.15, -0.1) is 0 Å². The Labute approximate surface area is 154 Å². The van der Waals surface area contributed by atoms with Crippen molar-refractivity contribution in [2.24, 2.45) is 5.41 Å². The van der Waals surface area contributed by atoms with Gasteiger partial charge in [0.25, 0.3) is 0 Å². The molecule has 2 rings (SSSR count). The van der Waals surface area contributed by atoms with Crippen LogP contribution in [0.5, 0.6) is 0 Å². The molecule has 2 saturated heterocycles. The molecule has 2 fully saturated rings. The van der Waals surface area contributed by atoms with Crippen LogP contribution in [0.2, 0.25) is 0 Å². The molecule has 0 aliphatic carbocycles. The second-order valence-corrected chi connectivity index (χ2v) is 7.28. The zero-order valence-corrected chi connectivity index (χ0v) is 18.0. The molecular weight excluding hydrogens is 292 g/mol. The molecule has 146 valence electrons. The fourth-order valence-electron chi connectivity index (χ4n) is 4.05. The number of likely N-dealkylation sites (tertiary alicyclic amines) is 2. The molecule has 0 aromatic rings. The quantitative estimate of drug-likeness (QED) is 0.485. The topological polar surface area (TPSA) is 6.48 Å². The van der Waals surface area contributed by atoms with E-state index in [1.165, 1.54) is 97.1 Å². The van der Waals surface area contributed by atoms with Crippen molar-refractivity contribution in [3.8, 4) is 0 Å². The van der Waals surface area contributed by atoms with Crippen molar-refractivity contribution in [2.45, 2.75) is 99.3 Å². The summed E-state index contributed by atoms with van der Waals surface area (Å²) in [5.74, 6) is 0. The van der Waals surface area contributed by atoms with E-state index < -0.39 is 0 Å². The van der Waals surface area contributed by atoms with Crippen molar-refractivity contribution in [1.82, 2.24) is 9.80 Å². The average Bonchev–Trinajstić information content (AvgIpc) is 3.04. The summed E-state index contributed by atoms with van der Waals surface area (Å²) in [6, 6.07) is 0. The molecular formula is C22H48N2. The minimum atomic E-state index is 0.702. The highest BCUT2D eigenvalue weighted by atomic mass is 15.2. The summed E-state index contributed by atoms with van der Waals surface area (Å²) in [4.78, 5) is 5.48. The molecule has 2 heterocycles. The zero-order chi connectivity index (χ0) is 18.3. The van der Waals surface area contributed by atoms with E-state index in [0.717, 1.165) is 0 Å². The third kappa shape index (κ3) is 8.85. The monoisotopic (exact) mass is 340 g/mol. The fraction of sp³-hybridized carbons (Fsp3) is 1.00. The normalized spacial score (nSPS) is 20.2. The molecule has 1 spiro atoms. The first-order chi connectivity index (χ1) is 11.8. The lowest BCUT2D eigenvalue weighted by molar-refractivity contribution is 0.106. The number of unbranched alkanes of at least 4 members (excludes halogenated alkanes) is 4. The maximum atomic E-state index is 2.75.